The minimum Gasteiger partial charge on any atom is -0.469 e. The van der Waals surface area contributed by atoms with Gasteiger partial charge in [-0.15, -0.1) is 0 Å². The minimum absolute atomic E-state index is 0.0696. The van der Waals surface area contributed by atoms with Gasteiger partial charge in [-0.1, -0.05) is 23.2 Å². The summed E-state index contributed by atoms with van der Waals surface area (Å²) in [6.45, 7) is 0.169. The first-order valence-electron chi connectivity index (χ1n) is 5.09. The molecule has 1 amide bonds. The number of ether oxygens (including phenoxy) is 1. The van der Waals surface area contributed by atoms with Crippen molar-refractivity contribution >= 4 is 41.0 Å². The molecule has 18 heavy (non-hydrogen) atoms. The number of carbonyl (C=O) groups is 2. The fourth-order valence-corrected chi connectivity index (χ4v) is 2.14. The van der Waals surface area contributed by atoms with Crippen molar-refractivity contribution in [2.45, 2.75) is 6.42 Å². The number of hydrogen-bond donors (Lipinski definition) is 0. The smallest absolute Gasteiger partial charge is 0.311 e. The summed E-state index contributed by atoms with van der Waals surface area (Å²) in [7, 11) is 1.28. The standard InChI is InChI=1S/C10H9Cl2N3O3/c1-18-9(17)5-2-8(16)15(4-5)10-13-6(11)3-7(12)14-10/h3,5H,2,4H2,1H3. The van der Waals surface area contributed by atoms with Gasteiger partial charge in [0.25, 0.3) is 0 Å². The molecule has 0 spiro atoms. The van der Waals surface area contributed by atoms with Crippen LogP contribution in [0.15, 0.2) is 6.07 Å². The van der Waals surface area contributed by atoms with Crippen molar-refractivity contribution in [3.63, 3.8) is 0 Å². The first kappa shape index (κ1) is 13.0. The fraction of sp³-hybridized carbons (Fsp3) is 0.400. The quantitative estimate of drug-likeness (QED) is 0.606. The molecule has 1 saturated heterocycles. The number of carbonyl (C=O) groups excluding carboxylic acids is 2. The van der Waals surface area contributed by atoms with E-state index in [9.17, 15) is 9.59 Å². The van der Waals surface area contributed by atoms with E-state index in [0.29, 0.717) is 0 Å². The number of anilines is 1. The Balaban J connectivity index is 2.24. The van der Waals surface area contributed by atoms with Gasteiger partial charge < -0.3 is 4.74 Å². The van der Waals surface area contributed by atoms with Gasteiger partial charge in [0.1, 0.15) is 10.3 Å². The number of rotatable bonds is 2. The van der Waals surface area contributed by atoms with E-state index in [4.69, 9.17) is 23.2 Å². The zero-order chi connectivity index (χ0) is 13.3. The molecule has 2 heterocycles. The van der Waals surface area contributed by atoms with Crippen LogP contribution in [0.4, 0.5) is 5.95 Å². The molecule has 8 heteroatoms. The molecule has 1 aliphatic rings. The van der Waals surface area contributed by atoms with Gasteiger partial charge in [0.2, 0.25) is 11.9 Å². The number of esters is 1. The lowest BCUT2D eigenvalue weighted by Crippen LogP contribution is -2.28. The molecule has 1 aliphatic heterocycles. The van der Waals surface area contributed by atoms with Gasteiger partial charge in [0.15, 0.2) is 0 Å². The van der Waals surface area contributed by atoms with Crippen LogP contribution in [0.5, 0.6) is 0 Å². The van der Waals surface area contributed by atoms with Crippen molar-refractivity contribution in [2.75, 3.05) is 18.6 Å². The minimum atomic E-state index is -0.510. The Hall–Kier alpha value is -1.40. The topological polar surface area (TPSA) is 72.4 Å². The van der Waals surface area contributed by atoms with Crippen molar-refractivity contribution in [1.82, 2.24) is 9.97 Å². The van der Waals surface area contributed by atoms with Crippen LogP contribution < -0.4 is 4.90 Å². The van der Waals surface area contributed by atoms with E-state index < -0.39 is 11.9 Å². The lowest BCUT2D eigenvalue weighted by atomic mass is 10.1. The van der Waals surface area contributed by atoms with E-state index in [0.717, 1.165) is 0 Å². The molecule has 1 aromatic rings. The van der Waals surface area contributed by atoms with Crippen LogP contribution in [0.25, 0.3) is 0 Å². The number of aromatic nitrogens is 2. The van der Waals surface area contributed by atoms with Crippen LogP contribution in [0.2, 0.25) is 10.3 Å². The molecule has 1 fully saturated rings. The second-order valence-electron chi connectivity index (χ2n) is 3.74. The molecule has 0 N–H and O–H groups in total. The molecule has 0 bridgehead atoms. The Morgan fingerprint density at radius 3 is 2.61 bits per heavy atom. The van der Waals surface area contributed by atoms with Gasteiger partial charge in [-0.25, -0.2) is 9.97 Å². The van der Waals surface area contributed by atoms with Crippen LogP contribution >= 0.6 is 23.2 Å². The van der Waals surface area contributed by atoms with E-state index in [1.807, 2.05) is 0 Å². The monoisotopic (exact) mass is 289 g/mol. The second kappa shape index (κ2) is 5.07. The molecule has 1 atom stereocenters. The highest BCUT2D eigenvalue weighted by Crippen LogP contribution is 2.25. The number of amides is 1. The van der Waals surface area contributed by atoms with Gasteiger partial charge in [0, 0.05) is 19.0 Å². The summed E-state index contributed by atoms with van der Waals surface area (Å²) in [6, 6.07) is 1.37. The summed E-state index contributed by atoms with van der Waals surface area (Å²) in [5.74, 6) is -1.10. The van der Waals surface area contributed by atoms with Crippen molar-refractivity contribution in [3.05, 3.63) is 16.4 Å². The average molecular weight is 290 g/mol. The Labute approximate surface area is 113 Å². The van der Waals surface area contributed by atoms with Gasteiger partial charge >= 0.3 is 5.97 Å². The van der Waals surface area contributed by atoms with Crippen LogP contribution in [0.3, 0.4) is 0 Å². The number of nitrogens with zero attached hydrogens (tertiary/aromatic N) is 3. The summed E-state index contributed by atoms with van der Waals surface area (Å²) in [5, 5.41) is 0.277. The molecule has 0 saturated carbocycles. The number of hydrogen-bond acceptors (Lipinski definition) is 5. The van der Waals surface area contributed by atoms with Crippen molar-refractivity contribution in [3.8, 4) is 0 Å². The predicted molar refractivity (Wildman–Crippen MR) is 64.5 cm³/mol. The van der Waals surface area contributed by atoms with Gasteiger partial charge in [0.05, 0.1) is 13.0 Å². The van der Waals surface area contributed by atoms with Gasteiger partial charge in [-0.2, -0.15) is 0 Å². The van der Waals surface area contributed by atoms with Crippen molar-refractivity contribution in [2.24, 2.45) is 5.92 Å². The molecule has 96 valence electrons. The van der Waals surface area contributed by atoms with Crippen molar-refractivity contribution < 1.29 is 14.3 Å². The normalized spacial score (nSPS) is 19.2. The summed E-state index contributed by atoms with van der Waals surface area (Å²) >= 11 is 11.5. The van der Waals surface area contributed by atoms with Crippen LogP contribution in [-0.2, 0) is 14.3 Å². The summed E-state index contributed by atoms with van der Waals surface area (Å²) in [6.07, 6.45) is 0.0696. The molecule has 0 radical (unpaired) electrons. The molecular formula is C10H9Cl2N3O3. The fourth-order valence-electron chi connectivity index (χ4n) is 1.73. The number of halogens is 2. The predicted octanol–water partition coefficient (Wildman–Crippen LogP) is 1.31. The Bertz CT molecular complexity index is 489. The van der Waals surface area contributed by atoms with Gasteiger partial charge in [-0.05, 0) is 0 Å². The lowest BCUT2D eigenvalue weighted by Gasteiger charge is -2.14. The molecule has 6 nitrogen and oxygen atoms in total. The largest absolute Gasteiger partial charge is 0.469 e. The summed E-state index contributed by atoms with van der Waals surface area (Å²) in [4.78, 5) is 32.3. The third-order valence-electron chi connectivity index (χ3n) is 2.55. The second-order valence-corrected chi connectivity index (χ2v) is 4.52. The van der Waals surface area contributed by atoms with E-state index in [-0.39, 0.29) is 35.1 Å². The molecule has 0 aromatic carbocycles. The van der Waals surface area contributed by atoms with Crippen molar-refractivity contribution in [1.29, 1.82) is 0 Å². The average Bonchev–Trinajstić information content (AvgIpc) is 2.69. The van der Waals surface area contributed by atoms with E-state index in [1.54, 1.807) is 0 Å². The molecule has 2 rings (SSSR count). The van der Waals surface area contributed by atoms with E-state index >= 15 is 0 Å². The lowest BCUT2D eigenvalue weighted by molar-refractivity contribution is -0.145. The SMILES string of the molecule is COC(=O)C1CC(=O)N(c2nc(Cl)cc(Cl)n2)C1. The molecule has 1 unspecified atom stereocenters. The van der Waals surface area contributed by atoms with Crippen LogP contribution in [0.1, 0.15) is 6.42 Å². The van der Waals surface area contributed by atoms with Crippen LogP contribution in [-0.4, -0.2) is 35.5 Å². The van der Waals surface area contributed by atoms with E-state index in [2.05, 4.69) is 14.7 Å². The third kappa shape index (κ3) is 2.54. The molecule has 0 aliphatic carbocycles. The maximum Gasteiger partial charge on any atom is 0.311 e. The zero-order valence-corrected chi connectivity index (χ0v) is 10.9. The first-order valence-corrected chi connectivity index (χ1v) is 5.85. The van der Waals surface area contributed by atoms with E-state index in [1.165, 1.54) is 18.1 Å². The highest BCUT2D eigenvalue weighted by atomic mass is 35.5. The van der Waals surface area contributed by atoms with Gasteiger partial charge in [-0.3, -0.25) is 14.5 Å². The number of methoxy groups -OCH3 is 1. The Morgan fingerprint density at radius 2 is 2.06 bits per heavy atom. The third-order valence-corrected chi connectivity index (χ3v) is 2.94. The zero-order valence-electron chi connectivity index (χ0n) is 9.39. The highest BCUT2D eigenvalue weighted by molar-refractivity contribution is 6.33. The van der Waals surface area contributed by atoms with Crippen LogP contribution in [0, 0.1) is 5.92 Å². The highest BCUT2D eigenvalue weighted by Gasteiger charge is 2.37. The Morgan fingerprint density at radius 1 is 1.44 bits per heavy atom. The molecular weight excluding hydrogens is 281 g/mol. The Kier molecular flexibility index (Phi) is 3.68. The molecule has 1 aromatic heterocycles. The summed E-state index contributed by atoms with van der Waals surface area (Å²) in [5.41, 5.74) is 0. The maximum absolute atomic E-state index is 11.8. The maximum atomic E-state index is 11.8. The first-order chi connectivity index (χ1) is 8.51. The summed E-state index contributed by atoms with van der Waals surface area (Å²) < 4.78 is 4.60.